The van der Waals surface area contributed by atoms with Crippen LogP contribution in [0.3, 0.4) is 0 Å². The minimum atomic E-state index is -0.226. The van der Waals surface area contributed by atoms with Gasteiger partial charge >= 0.3 is 6.09 Å². The van der Waals surface area contributed by atoms with E-state index in [0.29, 0.717) is 19.7 Å². The second kappa shape index (κ2) is 13.4. The fraction of sp³-hybridized carbons (Fsp3) is 0.611. The Labute approximate surface area is 178 Å². The molecule has 1 saturated heterocycles. The molecule has 1 aliphatic rings. The summed E-state index contributed by atoms with van der Waals surface area (Å²) in [6.07, 6.45) is 3.66. The van der Waals surface area contributed by atoms with Crippen molar-refractivity contribution >= 4 is 41.8 Å². The third-order valence-electron chi connectivity index (χ3n) is 4.17. The van der Waals surface area contributed by atoms with Gasteiger partial charge in [0, 0.05) is 52.5 Å². The molecule has 152 valence electrons. The lowest BCUT2D eigenvalue weighted by Crippen LogP contribution is -2.54. The van der Waals surface area contributed by atoms with Crippen molar-refractivity contribution in [3.05, 3.63) is 24.4 Å². The van der Waals surface area contributed by atoms with Crippen molar-refractivity contribution in [2.24, 2.45) is 4.99 Å². The lowest BCUT2D eigenvalue weighted by molar-refractivity contribution is 0.0914. The summed E-state index contributed by atoms with van der Waals surface area (Å²) in [4.78, 5) is 24.3. The van der Waals surface area contributed by atoms with Gasteiger partial charge in [-0.2, -0.15) is 0 Å². The molecule has 27 heavy (non-hydrogen) atoms. The maximum absolute atomic E-state index is 11.7. The number of amides is 1. The van der Waals surface area contributed by atoms with Gasteiger partial charge in [-0.15, -0.1) is 24.0 Å². The molecule has 8 nitrogen and oxygen atoms in total. The fourth-order valence-electron chi connectivity index (χ4n) is 2.78. The molecule has 0 bridgehead atoms. The third-order valence-corrected chi connectivity index (χ3v) is 4.17. The smallest absolute Gasteiger partial charge is 0.409 e. The summed E-state index contributed by atoms with van der Waals surface area (Å²) in [7, 11) is 1.79. The number of pyridine rings is 1. The first kappa shape index (κ1) is 23.3. The monoisotopic (exact) mass is 490 g/mol. The number of nitrogens with zero attached hydrogens (tertiary/aromatic N) is 4. The van der Waals surface area contributed by atoms with E-state index in [1.807, 2.05) is 25.1 Å². The first-order valence-corrected chi connectivity index (χ1v) is 9.26. The highest BCUT2D eigenvalue weighted by molar-refractivity contribution is 14.0. The standard InChI is InChI=1S/C18H30N6O2.HI/c1-3-26-18(25)24-14-12-23(13-15-24)17(19-2)22-11-7-6-10-21-16-8-4-5-9-20-16;/h4-5,8-9H,3,6-7,10-15H2,1-2H3,(H,19,22)(H,20,21);1H. The number of piperazine rings is 1. The van der Waals surface area contributed by atoms with E-state index in [-0.39, 0.29) is 30.1 Å². The molecule has 1 aliphatic heterocycles. The molecule has 0 aliphatic carbocycles. The van der Waals surface area contributed by atoms with Gasteiger partial charge in [-0.25, -0.2) is 9.78 Å². The zero-order valence-electron chi connectivity index (χ0n) is 16.2. The average molecular weight is 490 g/mol. The SMILES string of the molecule is CCOC(=O)N1CCN(C(=NC)NCCCCNc2ccccn2)CC1.I. The van der Waals surface area contributed by atoms with E-state index in [1.54, 1.807) is 18.1 Å². The lowest BCUT2D eigenvalue weighted by Gasteiger charge is -2.35. The van der Waals surface area contributed by atoms with E-state index in [9.17, 15) is 4.79 Å². The fourth-order valence-corrected chi connectivity index (χ4v) is 2.78. The Morgan fingerprint density at radius 3 is 2.52 bits per heavy atom. The van der Waals surface area contributed by atoms with Gasteiger partial charge in [0.15, 0.2) is 5.96 Å². The van der Waals surface area contributed by atoms with E-state index in [4.69, 9.17) is 4.74 Å². The van der Waals surface area contributed by atoms with Crippen LogP contribution in [-0.4, -0.2) is 79.8 Å². The van der Waals surface area contributed by atoms with Crippen molar-refractivity contribution in [2.75, 3.05) is 58.2 Å². The Bertz CT molecular complexity index is 564. The normalized spacial score (nSPS) is 14.4. The van der Waals surface area contributed by atoms with Gasteiger partial charge in [0.25, 0.3) is 0 Å². The molecule has 1 fully saturated rings. The molecule has 0 aromatic carbocycles. The summed E-state index contributed by atoms with van der Waals surface area (Å²) in [5.74, 6) is 1.81. The van der Waals surface area contributed by atoms with Crippen LogP contribution < -0.4 is 10.6 Å². The van der Waals surface area contributed by atoms with Gasteiger partial charge in [0.1, 0.15) is 5.82 Å². The molecule has 0 unspecified atom stereocenters. The Morgan fingerprint density at radius 2 is 1.89 bits per heavy atom. The number of hydrogen-bond donors (Lipinski definition) is 2. The number of nitrogens with one attached hydrogen (secondary N) is 2. The van der Waals surface area contributed by atoms with Crippen LogP contribution in [0.4, 0.5) is 10.6 Å². The third kappa shape index (κ3) is 8.19. The summed E-state index contributed by atoms with van der Waals surface area (Å²) >= 11 is 0. The van der Waals surface area contributed by atoms with Gasteiger partial charge < -0.3 is 25.2 Å². The zero-order chi connectivity index (χ0) is 18.6. The number of aliphatic imine (C=N–C) groups is 1. The van der Waals surface area contributed by atoms with Gasteiger partial charge in [-0.3, -0.25) is 4.99 Å². The van der Waals surface area contributed by atoms with Crippen LogP contribution >= 0.6 is 24.0 Å². The first-order valence-electron chi connectivity index (χ1n) is 9.26. The molecular formula is C18H31IN6O2. The maximum Gasteiger partial charge on any atom is 0.409 e. The second-order valence-corrected chi connectivity index (χ2v) is 6.00. The molecule has 1 aromatic heterocycles. The van der Waals surface area contributed by atoms with Crippen LogP contribution in [0, 0.1) is 0 Å². The zero-order valence-corrected chi connectivity index (χ0v) is 18.5. The minimum absolute atomic E-state index is 0. The molecular weight excluding hydrogens is 459 g/mol. The molecule has 1 aromatic rings. The second-order valence-electron chi connectivity index (χ2n) is 6.00. The number of carbonyl (C=O) groups is 1. The van der Waals surface area contributed by atoms with Crippen LogP contribution in [0.5, 0.6) is 0 Å². The van der Waals surface area contributed by atoms with Crippen LogP contribution in [0.15, 0.2) is 29.4 Å². The van der Waals surface area contributed by atoms with E-state index >= 15 is 0 Å². The summed E-state index contributed by atoms with van der Waals surface area (Å²) in [5.41, 5.74) is 0. The first-order chi connectivity index (χ1) is 12.7. The number of ether oxygens (including phenoxy) is 1. The Hall–Kier alpha value is -1.78. The Morgan fingerprint density at radius 1 is 1.19 bits per heavy atom. The van der Waals surface area contributed by atoms with E-state index < -0.39 is 0 Å². The molecule has 0 radical (unpaired) electrons. The van der Waals surface area contributed by atoms with Crippen molar-refractivity contribution in [1.29, 1.82) is 0 Å². The largest absolute Gasteiger partial charge is 0.450 e. The van der Waals surface area contributed by atoms with Crippen LogP contribution in [0.1, 0.15) is 19.8 Å². The Balaban J connectivity index is 0.00000364. The molecule has 0 atom stereocenters. The average Bonchev–Trinajstić information content (AvgIpc) is 2.69. The summed E-state index contributed by atoms with van der Waals surface area (Å²) in [6.45, 7) is 6.86. The summed E-state index contributed by atoms with van der Waals surface area (Å²) < 4.78 is 5.05. The van der Waals surface area contributed by atoms with Crippen molar-refractivity contribution in [2.45, 2.75) is 19.8 Å². The number of guanidine groups is 1. The van der Waals surface area contributed by atoms with E-state index in [0.717, 1.165) is 50.8 Å². The topological polar surface area (TPSA) is 82.1 Å². The lowest BCUT2D eigenvalue weighted by atomic mass is 10.3. The number of hydrogen-bond acceptors (Lipinski definition) is 5. The number of carbonyl (C=O) groups excluding carboxylic acids is 1. The quantitative estimate of drug-likeness (QED) is 0.264. The van der Waals surface area contributed by atoms with Gasteiger partial charge in [-0.05, 0) is 31.9 Å². The highest BCUT2D eigenvalue weighted by Gasteiger charge is 2.23. The van der Waals surface area contributed by atoms with Gasteiger partial charge in [-0.1, -0.05) is 6.07 Å². The number of anilines is 1. The maximum atomic E-state index is 11.7. The number of aromatic nitrogens is 1. The van der Waals surface area contributed by atoms with Crippen LogP contribution in [0.2, 0.25) is 0 Å². The molecule has 9 heteroatoms. The Kier molecular flexibility index (Phi) is 11.5. The van der Waals surface area contributed by atoms with Crippen LogP contribution in [0.25, 0.3) is 0 Å². The highest BCUT2D eigenvalue weighted by atomic mass is 127. The molecule has 2 N–H and O–H groups in total. The van der Waals surface area contributed by atoms with Gasteiger partial charge in [0.2, 0.25) is 0 Å². The molecule has 2 rings (SSSR count). The van der Waals surface area contributed by atoms with Crippen molar-refractivity contribution in [3.63, 3.8) is 0 Å². The molecule has 0 spiro atoms. The molecule has 0 saturated carbocycles. The highest BCUT2D eigenvalue weighted by Crippen LogP contribution is 2.05. The minimum Gasteiger partial charge on any atom is -0.450 e. The number of unbranched alkanes of at least 4 members (excludes halogenated alkanes) is 1. The van der Waals surface area contributed by atoms with E-state index in [2.05, 4.69) is 25.5 Å². The summed E-state index contributed by atoms with van der Waals surface area (Å²) in [5, 5.41) is 6.71. The van der Waals surface area contributed by atoms with Crippen molar-refractivity contribution in [1.82, 2.24) is 20.1 Å². The summed E-state index contributed by atoms with van der Waals surface area (Å²) in [6, 6.07) is 5.85. The molecule has 1 amide bonds. The van der Waals surface area contributed by atoms with Gasteiger partial charge in [0.05, 0.1) is 6.61 Å². The number of halogens is 1. The van der Waals surface area contributed by atoms with Crippen molar-refractivity contribution in [3.8, 4) is 0 Å². The van der Waals surface area contributed by atoms with E-state index in [1.165, 1.54) is 0 Å². The van der Waals surface area contributed by atoms with Crippen LogP contribution in [-0.2, 0) is 4.74 Å². The number of rotatable bonds is 7. The predicted molar refractivity (Wildman–Crippen MR) is 119 cm³/mol. The molecule has 2 heterocycles. The van der Waals surface area contributed by atoms with Crippen molar-refractivity contribution < 1.29 is 9.53 Å². The predicted octanol–water partition coefficient (Wildman–Crippen LogP) is 2.24.